The van der Waals surface area contributed by atoms with Gasteiger partial charge < -0.3 is 15.4 Å². The van der Waals surface area contributed by atoms with Gasteiger partial charge in [-0.05, 0) is 37.8 Å². The van der Waals surface area contributed by atoms with Crippen molar-refractivity contribution in [1.82, 2.24) is 15.3 Å². The molecule has 144 valence electrons. The summed E-state index contributed by atoms with van der Waals surface area (Å²) in [5.41, 5.74) is -1.14. The largest absolute Gasteiger partial charge is 0.473 e. The van der Waals surface area contributed by atoms with Crippen LogP contribution in [0.15, 0.2) is 42.9 Å². The maximum Gasteiger partial charge on any atom is 0.418 e. The predicted octanol–water partition coefficient (Wildman–Crippen LogP) is 4.01. The number of benzene rings is 1. The van der Waals surface area contributed by atoms with Gasteiger partial charge in [0.15, 0.2) is 0 Å². The fourth-order valence-electron chi connectivity index (χ4n) is 3.03. The van der Waals surface area contributed by atoms with Gasteiger partial charge in [-0.3, -0.25) is 4.98 Å². The summed E-state index contributed by atoms with van der Waals surface area (Å²) in [7, 11) is 0. The number of nitrogens with one attached hydrogen (secondary N) is 2. The second-order valence-electron chi connectivity index (χ2n) is 6.28. The van der Waals surface area contributed by atoms with Gasteiger partial charge in [0.05, 0.1) is 17.4 Å². The summed E-state index contributed by atoms with van der Waals surface area (Å²) in [6, 6.07) is 4.12. The van der Waals surface area contributed by atoms with Crippen LogP contribution in [-0.4, -0.2) is 28.1 Å². The Hall–Kier alpha value is -2.84. The second-order valence-corrected chi connectivity index (χ2v) is 6.28. The minimum Gasteiger partial charge on any atom is -0.473 e. The van der Waals surface area contributed by atoms with Crippen LogP contribution in [0.2, 0.25) is 0 Å². The molecule has 1 aromatic carbocycles. The number of amides is 2. The van der Waals surface area contributed by atoms with Crippen LogP contribution >= 0.6 is 0 Å². The fraction of sp³-hybridized carbons (Fsp3) is 0.389. The highest BCUT2D eigenvalue weighted by Crippen LogP contribution is 2.34. The molecule has 1 heterocycles. The van der Waals surface area contributed by atoms with E-state index in [9.17, 15) is 18.0 Å². The maximum absolute atomic E-state index is 13.0. The molecule has 0 spiro atoms. The van der Waals surface area contributed by atoms with Crippen LogP contribution < -0.4 is 15.4 Å². The first-order valence-electron chi connectivity index (χ1n) is 8.58. The van der Waals surface area contributed by atoms with E-state index in [1.807, 2.05) is 0 Å². The van der Waals surface area contributed by atoms with Crippen LogP contribution in [0.4, 0.5) is 23.7 Å². The van der Waals surface area contributed by atoms with Gasteiger partial charge in [0.2, 0.25) is 5.88 Å². The SMILES string of the molecule is O=C(Nc1ccccc1C(F)(F)F)NC1CCC(Oc2cnccn2)CC1. The van der Waals surface area contributed by atoms with Crippen molar-refractivity contribution in [1.29, 1.82) is 0 Å². The Morgan fingerprint density at radius 1 is 1.11 bits per heavy atom. The van der Waals surface area contributed by atoms with Crippen LogP contribution in [0.1, 0.15) is 31.2 Å². The van der Waals surface area contributed by atoms with Crippen LogP contribution in [0.25, 0.3) is 0 Å². The topological polar surface area (TPSA) is 76.1 Å². The lowest BCUT2D eigenvalue weighted by atomic mass is 9.93. The van der Waals surface area contributed by atoms with Crippen molar-refractivity contribution in [2.24, 2.45) is 0 Å². The predicted molar refractivity (Wildman–Crippen MR) is 92.3 cm³/mol. The molecule has 0 atom stereocenters. The minimum atomic E-state index is -4.53. The number of aromatic nitrogens is 2. The molecule has 1 aromatic heterocycles. The van der Waals surface area contributed by atoms with E-state index in [1.165, 1.54) is 24.4 Å². The maximum atomic E-state index is 13.0. The van der Waals surface area contributed by atoms with Crippen molar-refractivity contribution in [3.05, 3.63) is 48.4 Å². The Morgan fingerprint density at radius 2 is 1.85 bits per heavy atom. The number of ether oxygens (including phenoxy) is 1. The fourth-order valence-corrected chi connectivity index (χ4v) is 3.03. The third-order valence-corrected chi connectivity index (χ3v) is 4.32. The molecule has 6 nitrogen and oxygen atoms in total. The number of rotatable bonds is 4. The molecule has 9 heteroatoms. The number of hydrogen-bond acceptors (Lipinski definition) is 4. The molecule has 3 rings (SSSR count). The molecule has 0 aliphatic heterocycles. The molecule has 1 aliphatic rings. The van der Waals surface area contributed by atoms with Crippen molar-refractivity contribution in [3.63, 3.8) is 0 Å². The van der Waals surface area contributed by atoms with Gasteiger partial charge in [0.1, 0.15) is 6.10 Å². The van der Waals surface area contributed by atoms with E-state index in [4.69, 9.17) is 4.74 Å². The summed E-state index contributed by atoms with van der Waals surface area (Å²) in [4.78, 5) is 20.1. The number of carbonyl (C=O) groups excluding carboxylic acids is 1. The molecule has 0 saturated heterocycles. The summed E-state index contributed by atoms with van der Waals surface area (Å²) in [6.45, 7) is 0. The molecule has 0 radical (unpaired) electrons. The smallest absolute Gasteiger partial charge is 0.418 e. The molecule has 1 aliphatic carbocycles. The molecule has 2 N–H and O–H groups in total. The van der Waals surface area contributed by atoms with Crippen LogP contribution in [0, 0.1) is 0 Å². The number of carbonyl (C=O) groups is 1. The molecule has 2 aromatic rings. The van der Waals surface area contributed by atoms with Crippen LogP contribution in [0.5, 0.6) is 5.88 Å². The number of para-hydroxylation sites is 1. The average molecular weight is 380 g/mol. The van der Waals surface area contributed by atoms with Crippen LogP contribution in [-0.2, 0) is 6.18 Å². The van der Waals surface area contributed by atoms with Crippen molar-refractivity contribution >= 4 is 11.7 Å². The Morgan fingerprint density at radius 3 is 2.52 bits per heavy atom. The van der Waals surface area contributed by atoms with Gasteiger partial charge in [-0.15, -0.1) is 0 Å². The van der Waals surface area contributed by atoms with E-state index in [0.717, 1.165) is 6.07 Å². The lowest BCUT2D eigenvalue weighted by Gasteiger charge is -2.29. The van der Waals surface area contributed by atoms with Crippen molar-refractivity contribution in [3.8, 4) is 5.88 Å². The molecule has 2 amide bonds. The van der Waals surface area contributed by atoms with E-state index in [0.29, 0.717) is 31.6 Å². The summed E-state index contributed by atoms with van der Waals surface area (Å²) in [5.74, 6) is 0.454. The number of alkyl halides is 3. The zero-order valence-electron chi connectivity index (χ0n) is 14.4. The summed E-state index contributed by atoms with van der Waals surface area (Å²) in [6.07, 6.45) is 2.85. The van der Waals surface area contributed by atoms with Crippen molar-refractivity contribution in [2.45, 2.75) is 44.0 Å². The van der Waals surface area contributed by atoms with Gasteiger partial charge in [-0.25, -0.2) is 9.78 Å². The quantitative estimate of drug-likeness (QED) is 0.840. The Bertz CT molecular complexity index is 763. The lowest BCUT2D eigenvalue weighted by Crippen LogP contribution is -2.42. The van der Waals surface area contributed by atoms with Crippen molar-refractivity contribution in [2.75, 3.05) is 5.32 Å². The summed E-state index contributed by atoms with van der Waals surface area (Å²) < 4.78 is 44.7. The molecule has 1 saturated carbocycles. The van der Waals surface area contributed by atoms with Gasteiger partial charge >= 0.3 is 12.2 Å². The highest BCUT2D eigenvalue weighted by atomic mass is 19.4. The first-order chi connectivity index (χ1) is 12.9. The number of anilines is 1. The highest BCUT2D eigenvalue weighted by molar-refractivity contribution is 5.90. The lowest BCUT2D eigenvalue weighted by molar-refractivity contribution is -0.136. The van der Waals surface area contributed by atoms with E-state index < -0.39 is 17.8 Å². The molecule has 1 fully saturated rings. The number of urea groups is 1. The first kappa shape index (κ1) is 18.9. The van der Waals surface area contributed by atoms with Crippen LogP contribution in [0.3, 0.4) is 0 Å². The first-order valence-corrected chi connectivity index (χ1v) is 8.58. The summed E-state index contributed by atoms with van der Waals surface area (Å²) >= 11 is 0. The van der Waals surface area contributed by atoms with Crippen molar-refractivity contribution < 1.29 is 22.7 Å². The number of halogens is 3. The van der Waals surface area contributed by atoms with Gasteiger partial charge in [0.25, 0.3) is 0 Å². The average Bonchev–Trinajstić information content (AvgIpc) is 2.64. The molecular weight excluding hydrogens is 361 g/mol. The third-order valence-electron chi connectivity index (χ3n) is 4.32. The zero-order valence-corrected chi connectivity index (χ0v) is 14.4. The van der Waals surface area contributed by atoms with E-state index in [2.05, 4.69) is 20.6 Å². The molecular formula is C18H19F3N4O2. The Kier molecular flexibility index (Phi) is 5.78. The molecule has 27 heavy (non-hydrogen) atoms. The zero-order chi connectivity index (χ0) is 19.3. The standard InChI is InChI=1S/C18H19F3N4O2/c19-18(20,21)14-3-1-2-4-15(14)25-17(26)24-12-5-7-13(8-6-12)27-16-11-22-9-10-23-16/h1-4,9-13H,5-8H2,(H2,24,25,26). The van der Waals surface area contributed by atoms with Gasteiger partial charge in [0, 0.05) is 18.4 Å². The van der Waals surface area contributed by atoms with Gasteiger partial charge in [-0.1, -0.05) is 12.1 Å². The van der Waals surface area contributed by atoms with E-state index in [1.54, 1.807) is 12.4 Å². The van der Waals surface area contributed by atoms with E-state index >= 15 is 0 Å². The monoisotopic (exact) mass is 380 g/mol. The second kappa shape index (κ2) is 8.24. The summed E-state index contributed by atoms with van der Waals surface area (Å²) in [5, 5.41) is 5.03. The van der Waals surface area contributed by atoms with Gasteiger partial charge in [-0.2, -0.15) is 13.2 Å². The normalized spacial score (nSPS) is 20.0. The Balaban J connectivity index is 1.49. The third kappa shape index (κ3) is 5.32. The highest BCUT2D eigenvalue weighted by Gasteiger charge is 2.33. The number of hydrogen-bond donors (Lipinski definition) is 2. The molecule has 0 bridgehead atoms. The number of nitrogens with zero attached hydrogens (tertiary/aromatic N) is 2. The molecule has 0 unspecified atom stereocenters. The minimum absolute atomic E-state index is 0.0197. The Labute approximate surface area is 154 Å². The van der Waals surface area contributed by atoms with E-state index in [-0.39, 0.29) is 17.8 Å².